The number of hydrogen-bond acceptors (Lipinski definition) is 2. The zero-order valence-electron chi connectivity index (χ0n) is 9.57. The summed E-state index contributed by atoms with van der Waals surface area (Å²) in [5.41, 5.74) is 7.13. The molecule has 1 aromatic carbocycles. The van der Waals surface area contributed by atoms with E-state index in [0.29, 0.717) is 6.54 Å². The van der Waals surface area contributed by atoms with Gasteiger partial charge in [-0.3, -0.25) is 0 Å². The minimum absolute atomic E-state index is 0.199. The Hall–Kier alpha value is -1.30. The van der Waals surface area contributed by atoms with Gasteiger partial charge in [-0.2, -0.15) is 13.2 Å². The molecule has 2 rings (SSSR count). The Balaban J connectivity index is 2.18. The second-order valence-corrected chi connectivity index (χ2v) is 4.79. The predicted octanol–water partition coefficient (Wildman–Crippen LogP) is 2.51. The number of halogens is 3. The molecule has 1 aromatic rings. The summed E-state index contributed by atoms with van der Waals surface area (Å²) in [4.78, 5) is 1.21. The van der Waals surface area contributed by atoms with Gasteiger partial charge in [-0.1, -0.05) is 30.4 Å². The number of nitrogens with zero attached hydrogens (tertiary/aromatic N) is 1. The molecule has 0 radical (unpaired) electrons. The molecular formula is C12H13F3N2S. The molecule has 0 aromatic heterocycles. The van der Waals surface area contributed by atoms with Crippen molar-refractivity contribution in [2.24, 2.45) is 11.7 Å². The molecule has 1 aliphatic heterocycles. The SMILES string of the molecule is NC(=S)C(CN1CCc2ccccc21)C(F)(F)F. The molecule has 1 aliphatic rings. The molecule has 2 N–H and O–H groups in total. The molecule has 1 unspecified atom stereocenters. The fourth-order valence-corrected chi connectivity index (χ4v) is 2.38. The van der Waals surface area contributed by atoms with Crippen LogP contribution in [0.15, 0.2) is 24.3 Å². The summed E-state index contributed by atoms with van der Waals surface area (Å²) in [6.45, 7) is 0.379. The first-order valence-electron chi connectivity index (χ1n) is 5.58. The molecule has 6 heteroatoms. The molecule has 0 bridgehead atoms. The van der Waals surface area contributed by atoms with Crippen LogP contribution in [0.25, 0.3) is 0 Å². The largest absolute Gasteiger partial charge is 0.399 e. The Bertz CT molecular complexity index is 459. The van der Waals surface area contributed by atoms with Crippen LogP contribution in [0, 0.1) is 5.92 Å². The minimum atomic E-state index is -4.39. The van der Waals surface area contributed by atoms with E-state index in [0.717, 1.165) is 17.7 Å². The Morgan fingerprint density at radius 2 is 2.06 bits per heavy atom. The van der Waals surface area contributed by atoms with Gasteiger partial charge in [0.05, 0.1) is 4.99 Å². The van der Waals surface area contributed by atoms with Gasteiger partial charge in [-0.25, -0.2) is 0 Å². The summed E-state index contributed by atoms with van der Waals surface area (Å²) in [5.74, 6) is -1.75. The molecule has 0 spiro atoms. The lowest BCUT2D eigenvalue weighted by Gasteiger charge is -2.26. The number of fused-ring (bicyclic) bond motifs is 1. The Kier molecular flexibility index (Phi) is 3.47. The number of para-hydroxylation sites is 1. The van der Waals surface area contributed by atoms with Crippen LogP contribution in [-0.4, -0.2) is 24.3 Å². The maximum Gasteiger partial charge on any atom is 0.399 e. The van der Waals surface area contributed by atoms with E-state index in [1.165, 1.54) is 0 Å². The van der Waals surface area contributed by atoms with Crippen molar-refractivity contribution in [3.8, 4) is 0 Å². The first-order chi connectivity index (χ1) is 8.39. The molecule has 0 aliphatic carbocycles. The Morgan fingerprint density at radius 3 is 2.67 bits per heavy atom. The van der Waals surface area contributed by atoms with Crippen LogP contribution < -0.4 is 10.6 Å². The van der Waals surface area contributed by atoms with E-state index in [4.69, 9.17) is 5.73 Å². The van der Waals surface area contributed by atoms with Crippen LogP contribution >= 0.6 is 12.2 Å². The summed E-state index contributed by atoms with van der Waals surface area (Å²) in [6, 6.07) is 7.46. The van der Waals surface area contributed by atoms with Crippen LogP contribution in [0.4, 0.5) is 18.9 Å². The zero-order chi connectivity index (χ0) is 13.3. The van der Waals surface area contributed by atoms with Gasteiger partial charge < -0.3 is 10.6 Å². The monoisotopic (exact) mass is 274 g/mol. The van der Waals surface area contributed by atoms with Gasteiger partial charge in [0.15, 0.2) is 0 Å². The number of anilines is 1. The van der Waals surface area contributed by atoms with Gasteiger partial charge in [-0.05, 0) is 18.1 Å². The second kappa shape index (κ2) is 4.76. The van der Waals surface area contributed by atoms with Crippen LogP contribution in [0.5, 0.6) is 0 Å². The smallest absolute Gasteiger partial charge is 0.393 e. The fourth-order valence-electron chi connectivity index (χ4n) is 2.17. The zero-order valence-corrected chi connectivity index (χ0v) is 10.4. The molecule has 98 valence electrons. The maximum atomic E-state index is 12.8. The molecule has 0 saturated carbocycles. The van der Waals surface area contributed by atoms with Crippen molar-refractivity contribution < 1.29 is 13.2 Å². The van der Waals surface area contributed by atoms with Crippen molar-refractivity contribution in [3.63, 3.8) is 0 Å². The summed E-state index contributed by atoms with van der Waals surface area (Å²) in [6.07, 6.45) is -3.62. The van der Waals surface area contributed by atoms with E-state index >= 15 is 0 Å². The van der Waals surface area contributed by atoms with Crippen molar-refractivity contribution in [3.05, 3.63) is 29.8 Å². The van der Waals surface area contributed by atoms with Crippen LogP contribution in [0.2, 0.25) is 0 Å². The standard InChI is InChI=1S/C12H13F3N2S/c13-12(14,15)9(11(16)18)7-17-6-5-8-3-1-2-4-10(8)17/h1-4,9H,5-7H2,(H2,16,18). The molecule has 1 heterocycles. The highest BCUT2D eigenvalue weighted by Gasteiger charge is 2.43. The summed E-state index contributed by atoms with van der Waals surface area (Å²) < 4.78 is 38.4. The Labute approximate surface area is 109 Å². The van der Waals surface area contributed by atoms with E-state index in [-0.39, 0.29) is 6.54 Å². The van der Waals surface area contributed by atoms with E-state index in [1.54, 1.807) is 4.90 Å². The number of thiocarbonyl (C=S) groups is 1. The van der Waals surface area contributed by atoms with Gasteiger partial charge >= 0.3 is 6.18 Å². The van der Waals surface area contributed by atoms with E-state index in [2.05, 4.69) is 12.2 Å². The topological polar surface area (TPSA) is 29.3 Å². The lowest BCUT2D eigenvalue weighted by Crippen LogP contribution is -2.43. The van der Waals surface area contributed by atoms with E-state index in [9.17, 15) is 13.2 Å². The average molecular weight is 274 g/mol. The quantitative estimate of drug-likeness (QED) is 0.859. The van der Waals surface area contributed by atoms with E-state index in [1.807, 2.05) is 24.3 Å². The van der Waals surface area contributed by atoms with Gasteiger partial charge in [-0.15, -0.1) is 0 Å². The highest BCUT2D eigenvalue weighted by atomic mass is 32.1. The number of hydrogen-bond donors (Lipinski definition) is 1. The normalized spacial score (nSPS) is 16.5. The maximum absolute atomic E-state index is 12.8. The first-order valence-corrected chi connectivity index (χ1v) is 5.99. The van der Waals surface area contributed by atoms with Gasteiger partial charge in [0, 0.05) is 18.8 Å². The van der Waals surface area contributed by atoms with Crippen molar-refractivity contribution in [2.45, 2.75) is 12.6 Å². The van der Waals surface area contributed by atoms with Crippen LogP contribution in [0.3, 0.4) is 0 Å². The summed E-state index contributed by atoms with van der Waals surface area (Å²) in [7, 11) is 0. The summed E-state index contributed by atoms with van der Waals surface area (Å²) in [5, 5.41) is 0. The number of alkyl halides is 3. The first kappa shape index (κ1) is 13.1. The van der Waals surface area contributed by atoms with Gasteiger partial charge in [0.25, 0.3) is 0 Å². The van der Waals surface area contributed by atoms with Gasteiger partial charge in [0.2, 0.25) is 0 Å². The average Bonchev–Trinajstić information content (AvgIpc) is 2.67. The lowest BCUT2D eigenvalue weighted by molar-refractivity contribution is -0.152. The lowest BCUT2D eigenvalue weighted by atomic mass is 10.1. The molecule has 2 nitrogen and oxygen atoms in total. The molecule has 1 atom stereocenters. The van der Waals surface area contributed by atoms with Crippen molar-refractivity contribution >= 4 is 22.9 Å². The highest BCUT2D eigenvalue weighted by Crippen LogP contribution is 2.32. The van der Waals surface area contributed by atoms with Crippen LogP contribution in [0.1, 0.15) is 5.56 Å². The van der Waals surface area contributed by atoms with Crippen molar-refractivity contribution in [1.29, 1.82) is 0 Å². The number of rotatable bonds is 3. The molecular weight excluding hydrogens is 261 g/mol. The molecule has 0 amide bonds. The van der Waals surface area contributed by atoms with Crippen LogP contribution in [-0.2, 0) is 6.42 Å². The third-order valence-corrected chi connectivity index (χ3v) is 3.41. The number of nitrogens with two attached hydrogens (primary N) is 1. The van der Waals surface area contributed by atoms with Gasteiger partial charge in [0.1, 0.15) is 5.92 Å². The molecule has 0 saturated heterocycles. The third kappa shape index (κ3) is 2.58. The summed E-state index contributed by atoms with van der Waals surface area (Å²) >= 11 is 4.53. The fraction of sp³-hybridized carbons (Fsp3) is 0.417. The van der Waals surface area contributed by atoms with Crippen molar-refractivity contribution in [1.82, 2.24) is 0 Å². The second-order valence-electron chi connectivity index (χ2n) is 4.32. The molecule has 0 fully saturated rings. The predicted molar refractivity (Wildman–Crippen MR) is 68.7 cm³/mol. The minimum Gasteiger partial charge on any atom is -0.393 e. The number of benzene rings is 1. The highest BCUT2D eigenvalue weighted by molar-refractivity contribution is 7.80. The molecule has 18 heavy (non-hydrogen) atoms. The van der Waals surface area contributed by atoms with E-state index < -0.39 is 17.1 Å². The Morgan fingerprint density at radius 1 is 1.39 bits per heavy atom. The van der Waals surface area contributed by atoms with Crippen molar-refractivity contribution in [2.75, 3.05) is 18.0 Å². The third-order valence-electron chi connectivity index (χ3n) is 3.12.